The van der Waals surface area contributed by atoms with Crippen LogP contribution in [0.5, 0.6) is 0 Å². The predicted molar refractivity (Wildman–Crippen MR) is 96.2 cm³/mol. The average molecular weight is 382 g/mol. The summed E-state index contributed by atoms with van der Waals surface area (Å²) in [6.45, 7) is 1.13. The highest BCUT2D eigenvalue weighted by atomic mass is 35.5. The Morgan fingerprint density at radius 2 is 1.80 bits per heavy atom. The van der Waals surface area contributed by atoms with Gasteiger partial charge in [0, 0.05) is 34.9 Å². The van der Waals surface area contributed by atoms with Crippen molar-refractivity contribution in [3.63, 3.8) is 0 Å². The summed E-state index contributed by atoms with van der Waals surface area (Å²) in [5, 5.41) is 6.52. The van der Waals surface area contributed by atoms with E-state index in [2.05, 4.69) is 10.6 Å². The van der Waals surface area contributed by atoms with E-state index in [0.717, 1.165) is 0 Å². The largest absolute Gasteiger partial charge is 0.459 e. The Kier molecular flexibility index (Phi) is 5.50. The third-order valence-electron chi connectivity index (χ3n) is 3.97. The lowest BCUT2D eigenvalue weighted by Crippen LogP contribution is -2.47. The molecular formula is C17H17Cl2N3O3. The highest BCUT2D eigenvalue weighted by Gasteiger charge is 2.25. The van der Waals surface area contributed by atoms with Crippen molar-refractivity contribution in [1.82, 2.24) is 10.2 Å². The number of carbonyl (C=O) groups is 2. The Bertz CT molecular complexity index is 736. The molecule has 1 aliphatic rings. The van der Waals surface area contributed by atoms with E-state index in [0.29, 0.717) is 47.4 Å². The number of carbonyl (C=O) groups excluding carboxylic acids is 2. The van der Waals surface area contributed by atoms with E-state index in [-0.39, 0.29) is 18.0 Å². The summed E-state index contributed by atoms with van der Waals surface area (Å²) in [6.07, 6.45) is 2.83. The van der Waals surface area contributed by atoms with E-state index in [9.17, 15) is 9.59 Å². The molecule has 2 heterocycles. The molecule has 0 aliphatic carbocycles. The third kappa shape index (κ3) is 4.67. The molecule has 2 aromatic rings. The molecule has 3 amide bonds. The van der Waals surface area contributed by atoms with Gasteiger partial charge in [-0.15, -0.1) is 0 Å². The number of hydrogen-bond acceptors (Lipinski definition) is 3. The van der Waals surface area contributed by atoms with Gasteiger partial charge in [-0.05, 0) is 43.2 Å². The van der Waals surface area contributed by atoms with E-state index in [1.165, 1.54) is 6.26 Å². The number of amides is 3. The number of halogens is 2. The maximum absolute atomic E-state index is 12.2. The van der Waals surface area contributed by atoms with Crippen molar-refractivity contribution in [2.45, 2.75) is 18.9 Å². The number of hydrogen-bond donors (Lipinski definition) is 2. The Balaban J connectivity index is 1.48. The molecule has 0 atom stereocenters. The Hall–Kier alpha value is -2.18. The zero-order valence-corrected chi connectivity index (χ0v) is 14.8. The minimum atomic E-state index is -0.325. The molecule has 132 valence electrons. The van der Waals surface area contributed by atoms with Crippen LogP contribution < -0.4 is 10.6 Å². The van der Waals surface area contributed by atoms with Crippen LogP contribution in [0.4, 0.5) is 10.5 Å². The quantitative estimate of drug-likeness (QED) is 0.842. The summed E-state index contributed by atoms with van der Waals surface area (Å²) in [7, 11) is 0. The van der Waals surface area contributed by atoms with Gasteiger partial charge in [0.15, 0.2) is 5.76 Å². The molecule has 25 heavy (non-hydrogen) atoms. The van der Waals surface area contributed by atoms with E-state index in [1.54, 1.807) is 35.2 Å². The number of rotatable bonds is 3. The van der Waals surface area contributed by atoms with E-state index in [4.69, 9.17) is 27.6 Å². The Labute approximate surface area is 155 Å². The first-order valence-corrected chi connectivity index (χ1v) is 8.63. The topological polar surface area (TPSA) is 74.6 Å². The lowest BCUT2D eigenvalue weighted by atomic mass is 10.0. The molecule has 0 spiro atoms. The first-order chi connectivity index (χ1) is 12.0. The zero-order valence-electron chi connectivity index (χ0n) is 13.3. The van der Waals surface area contributed by atoms with Crippen LogP contribution >= 0.6 is 23.2 Å². The number of furan rings is 1. The number of urea groups is 1. The van der Waals surface area contributed by atoms with Crippen LogP contribution in [0.15, 0.2) is 41.0 Å². The lowest BCUT2D eigenvalue weighted by Gasteiger charge is -2.31. The molecule has 6 nitrogen and oxygen atoms in total. The fourth-order valence-corrected chi connectivity index (χ4v) is 3.29. The van der Waals surface area contributed by atoms with Crippen LogP contribution in [-0.4, -0.2) is 36.0 Å². The monoisotopic (exact) mass is 381 g/mol. The van der Waals surface area contributed by atoms with Crippen LogP contribution in [0.25, 0.3) is 0 Å². The predicted octanol–water partition coefficient (Wildman–Crippen LogP) is 4.01. The Morgan fingerprint density at radius 3 is 2.40 bits per heavy atom. The zero-order chi connectivity index (χ0) is 17.8. The summed E-state index contributed by atoms with van der Waals surface area (Å²) in [4.78, 5) is 26.0. The van der Waals surface area contributed by atoms with Gasteiger partial charge < -0.3 is 20.0 Å². The number of piperidine rings is 1. The van der Waals surface area contributed by atoms with Gasteiger partial charge in [0.05, 0.1) is 6.26 Å². The molecule has 0 unspecified atom stereocenters. The molecule has 0 saturated carbocycles. The van der Waals surface area contributed by atoms with Gasteiger partial charge in [-0.1, -0.05) is 23.2 Å². The molecule has 1 aromatic heterocycles. The fraction of sp³-hybridized carbons (Fsp3) is 0.294. The van der Waals surface area contributed by atoms with Crippen molar-refractivity contribution in [3.05, 3.63) is 52.4 Å². The lowest BCUT2D eigenvalue weighted by molar-refractivity contribution is 0.0676. The second-order valence-electron chi connectivity index (χ2n) is 5.80. The second-order valence-corrected chi connectivity index (χ2v) is 6.67. The number of nitrogens with one attached hydrogen (secondary N) is 2. The summed E-state index contributed by atoms with van der Waals surface area (Å²) in [5.41, 5.74) is 0.528. The molecule has 1 fully saturated rings. The molecule has 1 aliphatic heterocycles. The van der Waals surface area contributed by atoms with Crippen LogP contribution in [0, 0.1) is 0 Å². The van der Waals surface area contributed by atoms with Gasteiger partial charge in [-0.2, -0.15) is 0 Å². The van der Waals surface area contributed by atoms with Crippen molar-refractivity contribution in [2.24, 2.45) is 0 Å². The van der Waals surface area contributed by atoms with Gasteiger partial charge in [0.2, 0.25) is 0 Å². The molecule has 3 rings (SSSR count). The van der Waals surface area contributed by atoms with Gasteiger partial charge in [0.1, 0.15) is 0 Å². The SMILES string of the molecule is O=C(Nc1cc(Cl)cc(Cl)c1)NC1CCN(C(=O)c2ccco2)CC1. The number of benzene rings is 1. The van der Waals surface area contributed by atoms with Crippen molar-refractivity contribution in [2.75, 3.05) is 18.4 Å². The molecule has 0 radical (unpaired) electrons. The molecule has 1 aromatic carbocycles. The third-order valence-corrected chi connectivity index (χ3v) is 4.41. The van der Waals surface area contributed by atoms with Gasteiger partial charge in [-0.25, -0.2) is 4.79 Å². The summed E-state index contributed by atoms with van der Waals surface area (Å²) < 4.78 is 5.13. The average Bonchev–Trinajstić information content (AvgIpc) is 3.08. The van der Waals surface area contributed by atoms with E-state index < -0.39 is 0 Å². The number of likely N-dealkylation sites (tertiary alicyclic amines) is 1. The van der Waals surface area contributed by atoms with Crippen LogP contribution in [0.2, 0.25) is 10.0 Å². The second kappa shape index (κ2) is 7.80. The van der Waals surface area contributed by atoms with Crippen molar-refractivity contribution < 1.29 is 14.0 Å². The van der Waals surface area contributed by atoms with Crippen molar-refractivity contribution in [1.29, 1.82) is 0 Å². The maximum atomic E-state index is 12.2. The summed E-state index contributed by atoms with van der Waals surface area (Å²) in [6, 6.07) is 7.85. The van der Waals surface area contributed by atoms with E-state index in [1.807, 2.05) is 0 Å². The highest BCUT2D eigenvalue weighted by molar-refractivity contribution is 6.35. The minimum absolute atomic E-state index is 0.00435. The van der Waals surface area contributed by atoms with Crippen LogP contribution in [0.1, 0.15) is 23.4 Å². The smallest absolute Gasteiger partial charge is 0.319 e. The van der Waals surface area contributed by atoms with Crippen LogP contribution in [-0.2, 0) is 0 Å². The summed E-state index contributed by atoms with van der Waals surface area (Å²) >= 11 is 11.8. The fourth-order valence-electron chi connectivity index (χ4n) is 2.76. The first kappa shape index (κ1) is 17.6. The molecule has 8 heteroatoms. The molecule has 2 N–H and O–H groups in total. The molecular weight excluding hydrogens is 365 g/mol. The van der Waals surface area contributed by atoms with Gasteiger partial charge in [-0.3, -0.25) is 4.79 Å². The number of nitrogens with zero attached hydrogens (tertiary/aromatic N) is 1. The van der Waals surface area contributed by atoms with Gasteiger partial charge in [0.25, 0.3) is 5.91 Å². The van der Waals surface area contributed by atoms with Gasteiger partial charge >= 0.3 is 6.03 Å². The highest BCUT2D eigenvalue weighted by Crippen LogP contribution is 2.22. The minimum Gasteiger partial charge on any atom is -0.459 e. The standard InChI is InChI=1S/C17H17Cl2N3O3/c18-11-8-12(19)10-14(9-11)21-17(24)20-13-3-5-22(6-4-13)16(23)15-2-1-7-25-15/h1-2,7-10,13H,3-6H2,(H2,20,21,24). The normalized spacial score (nSPS) is 15.0. The van der Waals surface area contributed by atoms with Crippen LogP contribution in [0.3, 0.4) is 0 Å². The number of anilines is 1. The molecule has 1 saturated heterocycles. The summed E-state index contributed by atoms with van der Waals surface area (Å²) in [5.74, 6) is 0.212. The first-order valence-electron chi connectivity index (χ1n) is 7.87. The van der Waals surface area contributed by atoms with Crippen molar-refractivity contribution in [3.8, 4) is 0 Å². The van der Waals surface area contributed by atoms with E-state index >= 15 is 0 Å². The Morgan fingerprint density at radius 1 is 1.12 bits per heavy atom. The van der Waals surface area contributed by atoms with Crippen molar-refractivity contribution >= 4 is 40.8 Å². The maximum Gasteiger partial charge on any atom is 0.319 e. The molecule has 0 bridgehead atoms.